The van der Waals surface area contributed by atoms with Crippen LogP contribution >= 0.6 is 11.6 Å². The van der Waals surface area contributed by atoms with E-state index in [9.17, 15) is 9.50 Å². The van der Waals surface area contributed by atoms with E-state index in [0.29, 0.717) is 28.4 Å². The van der Waals surface area contributed by atoms with Crippen molar-refractivity contribution in [1.29, 1.82) is 0 Å². The van der Waals surface area contributed by atoms with E-state index in [1.54, 1.807) is 48.7 Å². The monoisotopic (exact) mass is 328 g/mol. The van der Waals surface area contributed by atoms with E-state index in [4.69, 9.17) is 17.3 Å². The number of nitrogens with two attached hydrogens (primary N) is 1. The fraction of sp³-hybridized carbons (Fsp3) is 0.0556. The molecule has 0 atom stereocenters. The first-order valence-corrected chi connectivity index (χ1v) is 7.39. The van der Waals surface area contributed by atoms with E-state index in [2.05, 4.69) is 4.98 Å². The molecule has 0 amide bonds. The summed E-state index contributed by atoms with van der Waals surface area (Å²) in [6.07, 6.45) is 1.97. The third kappa shape index (κ3) is 3.27. The number of rotatable bonds is 3. The summed E-state index contributed by atoms with van der Waals surface area (Å²) in [6, 6.07) is 13.3. The molecule has 2 aromatic carbocycles. The lowest BCUT2D eigenvalue weighted by Gasteiger charge is -2.11. The maximum atomic E-state index is 14.9. The van der Waals surface area contributed by atoms with Gasteiger partial charge in [-0.2, -0.15) is 0 Å². The van der Waals surface area contributed by atoms with Crippen LogP contribution in [-0.4, -0.2) is 10.1 Å². The summed E-state index contributed by atoms with van der Waals surface area (Å²) >= 11 is 5.96. The summed E-state index contributed by atoms with van der Waals surface area (Å²) in [5.41, 5.74) is 7.53. The van der Waals surface area contributed by atoms with E-state index >= 15 is 0 Å². The van der Waals surface area contributed by atoms with Gasteiger partial charge < -0.3 is 10.8 Å². The summed E-state index contributed by atoms with van der Waals surface area (Å²) in [4.78, 5) is 4.00. The van der Waals surface area contributed by atoms with Gasteiger partial charge in [-0.3, -0.25) is 0 Å². The molecular weight excluding hydrogens is 315 g/mol. The van der Waals surface area contributed by atoms with Crippen LogP contribution in [0.2, 0.25) is 5.02 Å². The molecule has 0 fully saturated rings. The Morgan fingerprint density at radius 3 is 2.65 bits per heavy atom. The summed E-state index contributed by atoms with van der Waals surface area (Å²) in [5, 5.41) is 10.5. The van der Waals surface area contributed by atoms with Crippen LogP contribution in [0, 0.1) is 5.82 Å². The van der Waals surface area contributed by atoms with Gasteiger partial charge in [-0.25, -0.2) is 9.37 Å². The number of pyridine rings is 1. The zero-order valence-electron chi connectivity index (χ0n) is 12.1. The predicted molar refractivity (Wildman–Crippen MR) is 90.0 cm³/mol. The first kappa shape index (κ1) is 15.3. The Morgan fingerprint density at radius 2 is 1.96 bits per heavy atom. The van der Waals surface area contributed by atoms with Crippen LogP contribution in [0.3, 0.4) is 0 Å². The van der Waals surface area contributed by atoms with Gasteiger partial charge in [0, 0.05) is 17.6 Å². The van der Waals surface area contributed by atoms with E-state index in [1.165, 1.54) is 6.07 Å². The predicted octanol–water partition coefficient (Wildman–Crippen LogP) is 4.42. The van der Waals surface area contributed by atoms with Crippen LogP contribution < -0.4 is 5.73 Å². The molecule has 5 heteroatoms. The molecule has 0 bridgehead atoms. The van der Waals surface area contributed by atoms with Gasteiger partial charge in [0.15, 0.2) is 0 Å². The SMILES string of the molecule is Nc1ccc(Cc2ccc(O)c(-c3cccc(Cl)c3)c2F)cn1. The van der Waals surface area contributed by atoms with Crippen molar-refractivity contribution in [2.45, 2.75) is 6.42 Å². The molecule has 0 aliphatic carbocycles. The lowest BCUT2D eigenvalue weighted by molar-refractivity contribution is 0.471. The third-order valence-electron chi connectivity index (χ3n) is 3.56. The van der Waals surface area contributed by atoms with Gasteiger partial charge in [0.2, 0.25) is 0 Å². The number of nitrogen functional groups attached to an aromatic ring is 1. The van der Waals surface area contributed by atoms with E-state index < -0.39 is 5.82 Å². The number of aromatic hydroxyl groups is 1. The van der Waals surface area contributed by atoms with Gasteiger partial charge in [0.1, 0.15) is 17.4 Å². The Kier molecular flexibility index (Phi) is 4.17. The van der Waals surface area contributed by atoms with E-state index in [0.717, 1.165) is 5.56 Å². The van der Waals surface area contributed by atoms with Gasteiger partial charge >= 0.3 is 0 Å². The molecule has 0 saturated carbocycles. The molecule has 1 heterocycles. The number of halogens is 2. The van der Waals surface area contributed by atoms with Gasteiger partial charge in [-0.05, 0) is 41.0 Å². The first-order valence-electron chi connectivity index (χ1n) is 7.01. The Bertz CT molecular complexity index is 850. The summed E-state index contributed by atoms with van der Waals surface area (Å²) in [6.45, 7) is 0. The normalized spacial score (nSPS) is 10.7. The van der Waals surface area contributed by atoms with Gasteiger partial charge in [-0.1, -0.05) is 35.9 Å². The van der Waals surface area contributed by atoms with Crippen molar-refractivity contribution in [2.75, 3.05) is 5.73 Å². The molecule has 0 unspecified atom stereocenters. The molecule has 116 valence electrons. The van der Waals surface area contributed by atoms with Crippen molar-refractivity contribution in [3.8, 4) is 16.9 Å². The lowest BCUT2D eigenvalue weighted by Crippen LogP contribution is -1.97. The number of anilines is 1. The first-order chi connectivity index (χ1) is 11.0. The summed E-state index contributed by atoms with van der Waals surface area (Å²) in [5.74, 6) is -0.174. The molecule has 0 aliphatic heterocycles. The fourth-order valence-electron chi connectivity index (χ4n) is 2.42. The van der Waals surface area contributed by atoms with Crippen LogP contribution in [-0.2, 0) is 6.42 Å². The fourth-order valence-corrected chi connectivity index (χ4v) is 2.61. The van der Waals surface area contributed by atoms with Crippen LogP contribution in [0.15, 0.2) is 54.7 Å². The minimum absolute atomic E-state index is 0.121. The minimum Gasteiger partial charge on any atom is -0.507 e. The lowest BCUT2D eigenvalue weighted by atomic mass is 9.97. The quantitative estimate of drug-likeness (QED) is 0.748. The third-order valence-corrected chi connectivity index (χ3v) is 3.79. The maximum absolute atomic E-state index is 14.9. The highest BCUT2D eigenvalue weighted by Gasteiger charge is 2.15. The average Bonchev–Trinajstić information content (AvgIpc) is 2.52. The molecule has 3 aromatic rings. The highest BCUT2D eigenvalue weighted by Crippen LogP contribution is 2.35. The van der Waals surface area contributed by atoms with Crippen LogP contribution in [0.25, 0.3) is 11.1 Å². The second kappa shape index (κ2) is 6.26. The van der Waals surface area contributed by atoms with Gasteiger partial charge in [0.25, 0.3) is 0 Å². The van der Waals surface area contributed by atoms with Crippen molar-refractivity contribution in [3.05, 3.63) is 76.7 Å². The number of nitrogens with zero attached hydrogens (tertiary/aromatic N) is 1. The standard InChI is InChI=1S/C18H14ClFN2O/c19-14-3-1-2-12(9-14)17-15(23)6-5-13(18(17)20)8-11-4-7-16(21)22-10-11/h1-7,9-10,23H,8H2,(H2,21,22). The van der Waals surface area contributed by atoms with Crippen molar-refractivity contribution < 1.29 is 9.50 Å². The number of aromatic nitrogens is 1. The second-order valence-electron chi connectivity index (χ2n) is 5.21. The minimum atomic E-state index is -0.468. The van der Waals surface area contributed by atoms with Gasteiger partial charge in [-0.15, -0.1) is 0 Å². The number of phenols is 1. The zero-order valence-corrected chi connectivity index (χ0v) is 12.9. The van der Waals surface area contributed by atoms with Crippen molar-refractivity contribution in [2.24, 2.45) is 0 Å². The Morgan fingerprint density at radius 1 is 1.13 bits per heavy atom. The van der Waals surface area contributed by atoms with Crippen molar-refractivity contribution in [3.63, 3.8) is 0 Å². The number of benzene rings is 2. The molecule has 3 N–H and O–H groups in total. The zero-order chi connectivity index (χ0) is 16.4. The molecule has 3 rings (SSSR count). The van der Waals surface area contributed by atoms with E-state index in [1.807, 2.05) is 0 Å². The molecule has 1 aromatic heterocycles. The second-order valence-corrected chi connectivity index (χ2v) is 5.65. The van der Waals surface area contributed by atoms with Crippen LogP contribution in [0.4, 0.5) is 10.2 Å². The van der Waals surface area contributed by atoms with Crippen molar-refractivity contribution in [1.82, 2.24) is 4.98 Å². The molecular formula is C18H14ClFN2O. The molecule has 3 nitrogen and oxygen atoms in total. The molecule has 23 heavy (non-hydrogen) atoms. The highest BCUT2D eigenvalue weighted by molar-refractivity contribution is 6.30. The average molecular weight is 329 g/mol. The maximum Gasteiger partial charge on any atom is 0.138 e. The molecule has 0 aliphatic rings. The smallest absolute Gasteiger partial charge is 0.138 e. The van der Waals surface area contributed by atoms with E-state index in [-0.39, 0.29) is 11.3 Å². The van der Waals surface area contributed by atoms with Crippen molar-refractivity contribution >= 4 is 17.4 Å². The molecule has 0 saturated heterocycles. The van der Waals surface area contributed by atoms with Crippen LogP contribution in [0.5, 0.6) is 5.75 Å². The summed E-state index contributed by atoms with van der Waals surface area (Å²) < 4.78 is 14.9. The highest BCUT2D eigenvalue weighted by atomic mass is 35.5. The summed E-state index contributed by atoms with van der Waals surface area (Å²) in [7, 11) is 0. The molecule has 0 radical (unpaired) electrons. The topological polar surface area (TPSA) is 59.1 Å². The number of phenolic OH excluding ortho intramolecular Hbond substituents is 1. The van der Waals surface area contributed by atoms with Gasteiger partial charge in [0.05, 0.1) is 5.56 Å². The Labute approximate surface area is 138 Å². The number of hydrogen-bond donors (Lipinski definition) is 2. The Balaban J connectivity index is 2.03. The largest absolute Gasteiger partial charge is 0.507 e. The number of hydrogen-bond acceptors (Lipinski definition) is 3. The van der Waals surface area contributed by atoms with Crippen LogP contribution in [0.1, 0.15) is 11.1 Å². The molecule has 0 spiro atoms. The Hall–Kier alpha value is -2.59.